The minimum atomic E-state index is 0.146. The molecule has 2 rings (SSSR count). The summed E-state index contributed by atoms with van der Waals surface area (Å²) in [6.07, 6.45) is 1.91. The van der Waals surface area contributed by atoms with E-state index in [1.54, 1.807) is 0 Å². The molecule has 0 bridgehead atoms. The highest BCUT2D eigenvalue weighted by Gasteiger charge is 2.17. The van der Waals surface area contributed by atoms with E-state index in [1.165, 1.54) is 16.7 Å². The Morgan fingerprint density at radius 2 is 1.89 bits per heavy atom. The Labute approximate surface area is 115 Å². The van der Waals surface area contributed by atoms with Crippen molar-refractivity contribution >= 4 is 0 Å². The van der Waals surface area contributed by atoms with Crippen LogP contribution in [0.2, 0.25) is 0 Å². The largest absolute Gasteiger partial charge is 0.325 e. The minimum Gasteiger partial charge on any atom is -0.325 e. The molecule has 0 unspecified atom stereocenters. The van der Waals surface area contributed by atoms with Gasteiger partial charge in [-0.3, -0.25) is 4.68 Å². The number of aryl methyl sites for hydroxylation is 2. The van der Waals surface area contributed by atoms with Crippen molar-refractivity contribution in [3.05, 3.63) is 41.2 Å². The molecule has 102 valence electrons. The van der Waals surface area contributed by atoms with E-state index in [0.717, 1.165) is 11.3 Å². The summed E-state index contributed by atoms with van der Waals surface area (Å²) >= 11 is 0. The molecule has 0 aliphatic carbocycles. The van der Waals surface area contributed by atoms with Gasteiger partial charge >= 0.3 is 0 Å². The monoisotopic (exact) mass is 257 g/mol. The zero-order valence-electron chi connectivity index (χ0n) is 12.5. The van der Waals surface area contributed by atoms with Gasteiger partial charge in [-0.05, 0) is 29.0 Å². The van der Waals surface area contributed by atoms with E-state index in [-0.39, 0.29) is 5.41 Å². The van der Waals surface area contributed by atoms with Gasteiger partial charge in [0.15, 0.2) is 0 Å². The minimum absolute atomic E-state index is 0.146. The lowest BCUT2D eigenvalue weighted by Crippen LogP contribution is -2.11. The van der Waals surface area contributed by atoms with Crippen LogP contribution >= 0.6 is 0 Å². The summed E-state index contributed by atoms with van der Waals surface area (Å²) < 4.78 is 1.86. The predicted octanol–water partition coefficient (Wildman–Crippen LogP) is 3.15. The number of hydrogen-bond donors (Lipinski definition) is 1. The zero-order chi connectivity index (χ0) is 14.2. The van der Waals surface area contributed by atoms with Gasteiger partial charge in [0.05, 0.1) is 11.9 Å². The average Bonchev–Trinajstić information content (AvgIpc) is 2.69. The third-order valence-corrected chi connectivity index (χ3v) is 3.65. The summed E-state index contributed by atoms with van der Waals surface area (Å²) in [7, 11) is 1.94. The SMILES string of the molecule is Cc1ccc(C(C)(C)C)cc1-c1cnn(C)c1CN. The molecule has 2 aromatic rings. The number of benzene rings is 1. The first-order valence-corrected chi connectivity index (χ1v) is 6.67. The Bertz CT molecular complexity index is 589. The lowest BCUT2D eigenvalue weighted by molar-refractivity contribution is 0.590. The van der Waals surface area contributed by atoms with E-state index in [2.05, 4.69) is 51.0 Å². The Balaban J connectivity index is 2.61. The Hall–Kier alpha value is -1.61. The molecule has 3 heteroatoms. The number of aromatic nitrogens is 2. The van der Waals surface area contributed by atoms with E-state index in [1.807, 2.05) is 17.9 Å². The molecule has 0 amide bonds. The molecule has 0 radical (unpaired) electrons. The van der Waals surface area contributed by atoms with E-state index < -0.39 is 0 Å². The summed E-state index contributed by atoms with van der Waals surface area (Å²) in [4.78, 5) is 0. The molecule has 0 fully saturated rings. The lowest BCUT2D eigenvalue weighted by atomic mass is 9.84. The summed E-state index contributed by atoms with van der Waals surface area (Å²) in [5, 5.41) is 4.33. The maximum atomic E-state index is 5.85. The van der Waals surface area contributed by atoms with Crippen molar-refractivity contribution in [2.75, 3.05) is 0 Å². The first-order valence-electron chi connectivity index (χ1n) is 6.67. The second-order valence-electron chi connectivity index (χ2n) is 6.11. The van der Waals surface area contributed by atoms with Crippen molar-refractivity contribution in [2.24, 2.45) is 12.8 Å². The van der Waals surface area contributed by atoms with Crippen LogP contribution in [0, 0.1) is 6.92 Å². The summed E-state index contributed by atoms with van der Waals surface area (Å²) in [5.41, 5.74) is 12.0. The van der Waals surface area contributed by atoms with Crippen LogP contribution in [0.4, 0.5) is 0 Å². The Kier molecular flexibility index (Phi) is 3.50. The fourth-order valence-electron chi connectivity index (χ4n) is 2.31. The van der Waals surface area contributed by atoms with Crippen LogP contribution in [0.5, 0.6) is 0 Å². The summed E-state index contributed by atoms with van der Waals surface area (Å²) in [6, 6.07) is 6.66. The first-order chi connectivity index (χ1) is 8.84. The molecule has 1 aromatic carbocycles. The quantitative estimate of drug-likeness (QED) is 0.898. The van der Waals surface area contributed by atoms with Crippen molar-refractivity contribution in [1.82, 2.24) is 9.78 Å². The highest BCUT2D eigenvalue weighted by Crippen LogP contribution is 2.31. The standard InChI is InChI=1S/C16H23N3/c1-11-6-7-12(16(2,3)4)8-13(11)14-10-18-19(5)15(14)9-17/h6-8,10H,9,17H2,1-5H3. The molecule has 0 spiro atoms. The van der Waals surface area contributed by atoms with Gasteiger partial charge in [0, 0.05) is 19.2 Å². The highest BCUT2D eigenvalue weighted by molar-refractivity contribution is 5.70. The highest BCUT2D eigenvalue weighted by atomic mass is 15.3. The predicted molar refractivity (Wildman–Crippen MR) is 80.0 cm³/mol. The second kappa shape index (κ2) is 4.82. The van der Waals surface area contributed by atoms with Crippen LogP contribution in [-0.2, 0) is 19.0 Å². The molecule has 1 heterocycles. The molecule has 3 nitrogen and oxygen atoms in total. The van der Waals surface area contributed by atoms with Crippen molar-refractivity contribution in [3.63, 3.8) is 0 Å². The summed E-state index contributed by atoms with van der Waals surface area (Å²) in [6.45, 7) is 9.33. The Morgan fingerprint density at radius 3 is 2.47 bits per heavy atom. The second-order valence-corrected chi connectivity index (χ2v) is 6.11. The van der Waals surface area contributed by atoms with E-state index in [0.29, 0.717) is 6.54 Å². The topological polar surface area (TPSA) is 43.8 Å². The zero-order valence-corrected chi connectivity index (χ0v) is 12.5. The molecule has 2 N–H and O–H groups in total. The van der Waals surface area contributed by atoms with Crippen molar-refractivity contribution < 1.29 is 0 Å². The van der Waals surface area contributed by atoms with Crippen LogP contribution in [0.25, 0.3) is 11.1 Å². The number of rotatable bonds is 2. The van der Waals surface area contributed by atoms with Gasteiger partial charge in [-0.1, -0.05) is 39.0 Å². The molecule has 1 aromatic heterocycles. The van der Waals surface area contributed by atoms with Crippen molar-refractivity contribution in [3.8, 4) is 11.1 Å². The third-order valence-electron chi connectivity index (χ3n) is 3.65. The molecule has 19 heavy (non-hydrogen) atoms. The van der Waals surface area contributed by atoms with Gasteiger partial charge in [0.2, 0.25) is 0 Å². The van der Waals surface area contributed by atoms with E-state index >= 15 is 0 Å². The molecule has 0 aliphatic heterocycles. The first kappa shape index (κ1) is 13.8. The Morgan fingerprint density at radius 1 is 1.21 bits per heavy atom. The van der Waals surface area contributed by atoms with Gasteiger partial charge in [0.25, 0.3) is 0 Å². The lowest BCUT2D eigenvalue weighted by Gasteiger charge is -2.21. The number of nitrogens with two attached hydrogens (primary N) is 1. The van der Waals surface area contributed by atoms with Crippen molar-refractivity contribution in [2.45, 2.75) is 39.7 Å². The van der Waals surface area contributed by atoms with Gasteiger partial charge in [-0.2, -0.15) is 5.10 Å². The molecular weight excluding hydrogens is 234 g/mol. The fraction of sp³-hybridized carbons (Fsp3) is 0.438. The molecule has 0 saturated heterocycles. The maximum absolute atomic E-state index is 5.85. The normalized spacial score (nSPS) is 11.9. The molecule has 0 saturated carbocycles. The maximum Gasteiger partial charge on any atom is 0.0595 e. The van der Waals surface area contributed by atoms with Gasteiger partial charge < -0.3 is 5.73 Å². The van der Waals surface area contributed by atoms with E-state index in [4.69, 9.17) is 5.73 Å². The number of nitrogens with zero attached hydrogens (tertiary/aromatic N) is 2. The summed E-state index contributed by atoms with van der Waals surface area (Å²) in [5.74, 6) is 0. The average molecular weight is 257 g/mol. The smallest absolute Gasteiger partial charge is 0.0595 e. The van der Waals surface area contributed by atoms with Gasteiger partial charge in [-0.15, -0.1) is 0 Å². The molecular formula is C16H23N3. The van der Waals surface area contributed by atoms with Gasteiger partial charge in [0.1, 0.15) is 0 Å². The van der Waals surface area contributed by atoms with Crippen LogP contribution < -0.4 is 5.73 Å². The van der Waals surface area contributed by atoms with Crippen molar-refractivity contribution in [1.29, 1.82) is 0 Å². The van der Waals surface area contributed by atoms with Gasteiger partial charge in [-0.25, -0.2) is 0 Å². The number of hydrogen-bond acceptors (Lipinski definition) is 2. The fourth-order valence-corrected chi connectivity index (χ4v) is 2.31. The van der Waals surface area contributed by atoms with Crippen LogP contribution in [-0.4, -0.2) is 9.78 Å². The third kappa shape index (κ3) is 2.56. The molecule has 0 aliphatic rings. The van der Waals surface area contributed by atoms with Crippen LogP contribution in [0.3, 0.4) is 0 Å². The van der Waals surface area contributed by atoms with E-state index in [9.17, 15) is 0 Å². The van der Waals surface area contributed by atoms with Crippen LogP contribution in [0.1, 0.15) is 37.6 Å². The van der Waals surface area contributed by atoms with Crippen LogP contribution in [0.15, 0.2) is 24.4 Å². The molecule has 0 atom stereocenters.